The third kappa shape index (κ3) is 3.46. The van der Waals surface area contributed by atoms with Crippen LogP contribution in [0.25, 0.3) is 0 Å². The zero-order valence-corrected chi connectivity index (χ0v) is 11.5. The number of oxime groups is 1. The maximum atomic E-state index is 14.0. The summed E-state index contributed by atoms with van der Waals surface area (Å²) in [6.07, 6.45) is 2.02. The monoisotopic (exact) mass is 281 g/mol. The molecule has 1 aromatic carbocycles. The summed E-state index contributed by atoms with van der Waals surface area (Å²) in [6, 6.07) is 4.55. The van der Waals surface area contributed by atoms with Crippen molar-refractivity contribution in [3.63, 3.8) is 0 Å². The fraction of sp³-hybridized carbons (Fsp3) is 0.500. The fourth-order valence-corrected chi connectivity index (χ4v) is 2.29. The third-order valence-corrected chi connectivity index (χ3v) is 3.60. The van der Waals surface area contributed by atoms with Crippen LogP contribution in [0.1, 0.15) is 30.9 Å². The molecule has 1 aliphatic rings. The lowest BCUT2D eigenvalue weighted by Gasteiger charge is -2.34. The van der Waals surface area contributed by atoms with Crippen LogP contribution in [-0.4, -0.2) is 29.8 Å². The predicted octanol–water partition coefficient (Wildman–Crippen LogP) is 1.58. The van der Waals surface area contributed by atoms with Gasteiger partial charge in [0.15, 0.2) is 5.84 Å². The highest BCUT2D eigenvalue weighted by atomic mass is 19.1. The number of nitrogens with zero attached hydrogens (tertiary/aromatic N) is 1. The first-order chi connectivity index (χ1) is 9.54. The molecule has 1 atom stereocenters. The summed E-state index contributed by atoms with van der Waals surface area (Å²) in [4.78, 5) is 0. The van der Waals surface area contributed by atoms with Gasteiger partial charge in [0.1, 0.15) is 5.82 Å². The Bertz CT molecular complexity index is 499. The molecule has 0 aromatic heterocycles. The van der Waals surface area contributed by atoms with Crippen molar-refractivity contribution < 1.29 is 14.3 Å². The number of benzene rings is 1. The van der Waals surface area contributed by atoms with Crippen molar-refractivity contribution in [2.24, 2.45) is 10.9 Å². The van der Waals surface area contributed by atoms with E-state index in [4.69, 9.17) is 15.7 Å². The van der Waals surface area contributed by atoms with E-state index in [1.807, 2.05) is 0 Å². The van der Waals surface area contributed by atoms with Crippen LogP contribution in [-0.2, 0) is 11.3 Å². The molecule has 5 nitrogen and oxygen atoms in total. The Labute approximate surface area is 117 Å². The first-order valence-corrected chi connectivity index (χ1v) is 6.63. The van der Waals surface area contributed by atoms with E-state index >= 15 is 0 Å². The maximum Gasteiger partial charge on any atom is 0.170 e. The van der Waals surface area contributed by atoms with Gasteiger partial charge >= 0.3 is 0 Å². The number of hydrogen-bond donors (Lipinski definition) is 3. The average molecular weight is 281 g/mol. The fourth-order valence-electron chi connectivity index (χ4n) is 2.29. The van der Waals surface area contributed by atoms with Gasteiger partial charge in [0.2, 0.25) is 0 Å². The average Bonchev–Trinajstić information content (AvgIpc) is 2.46. The standard InChI is InChI=1S/C14H20FN3O2/c1-14(5-2-6-20-9-14)17-8-11-4-3-10(7-12(11)15)13(16)18-19/h3-4,7,17,19H,2,5-6,8-9H2,1H3,(H2,16,18). The molecule has 1 saturated heterocycles. The van der Waals surface area contributed by atoms with Crippen LogP contribution in [0, 0.1) is 5.82 Å². The van der Waals surface area contributed by atoms with Crippen LogP contribution in [0.3, 0.4) is 0 Å². The Hall–Kier alpha value is -1.66. The minimum atomic E-state index is -0.373. The molecule has 1 heterocycles. The van der Waals surface area contributed by atoms with Gasteiger partial charge in [0, 0.05) is 29.8 Å². The van der Waals surface area contributed by atoms with Crippen LogP contribution in [0.2, 0.25) is 0 Å². The summed E-state index contributed by atoms with van der Waals surface area (Å²) in [5, 5.41) is 14.8. The summed E-state index contributed by atoms with van der Waals surface area (Å²) < 4.78 is 19.4. The topological polar surface area (TPSA) is 79.9 Å². The SMILES string of the molecule is CC1(NCc2ccc(/C(N)=N/O)cc2F)CCCOC1. The molecule has 2 rings (SSSR count). The molecule has 0 saturated carbocycles. The number of nitrogens with one attached hydrogen (secondary N) is 1. The van der Waals surface area contributed by atoms with E-state index < -0.39 is 0 Å². The normalized spacial score (nSPS) is 23.8. The number of nitrogens with two attached hydrogens (primary N) is 1. The Balaban J connectivity index is 2.03. The van der Waals surface area contributed by atoms with Gasteiger partial charge in [-0.15, -0.1) is 0 Å². The molecule has 6 heteroatoms. The van der Waals surface area contributed by atoms with Crippen molar-refractivity contribution in [3.05, 3.63) is 35.1 Å². The second-order valence-corrected chi connectivity index (χ2v) is 5.36. The lowest BCUT2D eigenvalue weighted by Crippen LogP contribution is -2.48. The van der Waals surface area contributed by atoms with Crippen LogP contribution >= 0.6 is 0 Å². The van der Waals surface area contributed by atoms with Crippen LogP contribution in [0.4, 0.5) is 4.39 Å². The van der Waals surface area contributed by atoms with E-state index in [0.717, 1.165) is 19.4 Å². The zero-order chi connectivity index (χ0) is 14.6. The molecule has 4 N–H and O–H groups in total. The molecular formula is C14H20FN3O2. The molecule has 0 bridgehead atoms. The minimum absolute atomic E-state index is 0.101. The van der Waals surface area contributed by atoms with Gasteiger partial charge in [-0.3, -0.25) is 0 Å². The first-order valence-electron chi connectivity index (χ1n) is 6.63. The van der Waals surface area contributed by atoms with Crippen molar-refractivity contribution in [2.45, 2.75) is 31.8 Å². The second kappa shape index (κ2) is 6.19. The summed E-state index contributed by atoms with van der Waals surface area (Å²) >= 11 is 0. The second-order valence-electron chi connectivity index (χ2n) is 5.36. The molecule has 20 heavy (non-hydrogen) atoms. The van der Waals surface area contributed by atoms with Crippen molar-refractivity contribution in [2.75, 3.05) is 13.2 Å². The van der Waals surface area contributed by atoms with Crippen molar-refractivity contribution in [1.82, 2.24) is 5.32 Å². The van der Waals surface area contributed by atoms with Crippen LogP contribution in [0.15, 0.2) is 23.4 Å². The molecule has 1 fully saturated rings. The zero-order valence-electron chi connectivity index (χ0n) is 11.5. The maximum absolute atomic E-state index is 14.0. The lowest BCUT2D eigenvalue weighted by molar-refractivity contribution is 0.0276. The molecule has 1 aromatic rings. The largest absolute Gasteiger partial charge is 0.409 e. The van der Waals surface area contributed by atoms with Crippen molar-refractivity contribution in [1.29, 1.82) is 0 Å². The van der Waals surface area contributed by atoms with Gasteiger partial charge in [0.25, 0.3) is 0 Å². The summed E-state index contributed by atoms with van der Waals surface area (Å²) in [6.45, 7) is 3.92. The van der Waals surface area contributed by atoms with Crippen molar-refractivity contribution >= 4 is 5.84 Å². The molecule has 0 radical (unpaired) electrons. The highest BCUT2D eigenvalue weighted by Crippen LogP contribution is 2.19. The van der Waals surface area contributed by atoms with E-state index in [0.29, 0.717) is 24.3 Å². The Kier molecular flexibility index (Phi) is 4.57. The summed E-state index contributed by atoms with van der Waals surface area (Å²) in [7, 11) is 0. The molecule has 0 aliphatic carbocycles. The van der Waals surface area contributed by atoms with E-state index in [2.05, 4.69) is 17.4 Å². The van der Waals surface area contributed by atoms with E-state index in [9.17, 15) is 4.39 Å². The number of rotatable bonds is 4. The Morgan fingerprint density at radius 2 is 2.40 bits per heavy atom. The predicted molar refractivity (Wildman–Crippen MR) is 74.2 cm³/mol. The highest BCUT2D eigenvalue weighted by molar-refractivity contribution is 5.97. The van der Waals surface area contributed by atoms with Crippen LogP contribution in [0.5, 0.6) is 0 Å². The smallest absolute Gasteiger partial charge is 0.170 e. The number of hydrogen-bond acceptors (Lipinski definition) is 4. The van der Waals surface area contributed by atoms with Gasteiger partial charge in [0.05, 0.1) is 6.61 Å². The Morgan fingerprint density at radius 1 is 1.60 bits per heavy atom. The first kappa shape index (κ1) is 14.7. The minimum Gasteiger partial charge on any atom is -0.409 e. The van der Waals surface area contributed by atoms with Gasteiger partial charge in [-0.1, -0.05) is 17.3 Å². The van der Waals surface area contributed by atoms with Gasteiger partial charge < -0.3 is 21.0 Å². The quantitative estimate of drug-likeness (QED) is 0.339. The molecule has 0 spiro atoms. The molecule has 0 amide bonds. The van der Waals surface area contributed by atoms with E-state index in [1.165, 1.54) is 6.07 Å². The number of halogens is 1. The summed E-state index contributed by atoms with van der Waals surface area (Å²) in [5.74, 6) is -0.474. The van der Waals surface area contributed by atoms with Crippen molar-refractivity contribution in [3.8, 4) is 0 Å². The summed E-state index contributed by atoms with van der Waals surface area (Å²) in [5.41, 5.74) is 6.22. The van der Waals surface area contributed by atoms with Gasteiger partial charge in [-0.25, -0.2) is 4.39 Å². The van der Waals surface area contributed by atoms with Gasteiger partial charge in [-0.05, 0) is 25.8 Å². The lowest BCUT2D eigenvalue weighted by atomic mass is 9.94. The molecule has 1 aliphatic heterocycles. The van der Waals surface area contributed by atoms with E-state index in [1.54, 1.807) is 12.1 Å². The molecule has 1 unspecified atom stereocenters. The van der Waals surface area contributed by atoms with Gasteiger partial charge in [-0.2, -0.15) is 0 Å². The highest BCUT2D eigenvalue weighted by Gasteiger charge is 2.27. The molecular weight excluding hydrogens is 261 g/mol. The van der Waals surface area contributed by atoms with Crippen LogP contribution < -0.4 is 11.1 Å². The molecule has 110 valence electrons. The Morgan fingerprint density at radius 3 is 3.00 bits per heavy atom. The van der Waals surface area contributed by atoms with E-state index in [-0.39, 0.29) is 17.2 Å². The number of amidine groups is 1. The number of ether oxygens (including phenoxy) is 1. The third-order valence-electron chi connectivity index (χ3n) is 3.60.